The molecule has 2 rings (SSSR count). The summed E-state index contributed by atoms with van der Waals surface area (Å²) in [6, 6.07) is 8.48. The molecule has 1 atom stereocenters. The second kappa shape index (κ2) is 14.7. The first kappa shape index (κ1) is 24.0. The van der Waals surface area contributed by atoms with E-state index < -0.39 is 0 Å². The highest BCUT2D eigenvalue weighted by atomic mass is 16.6. The molecule has 1 saturated heterocycles. The van der Waals surface area contributed by atoms with Crippen molar-refractivity contribution in [1.82, 2.24) is 0 Å². The van der Waals surface area contributed by atoms with Crippen LogP contribution in [0.15, 0.2) is 36.4 Å². The van der Waals surface area contributed by atoms with Crippen LogP contribution in [0.1, 0.15) is 103 Å². The Hall–Kier alpha value is -1.28. The molecule has 1 aliphatic rings. The highest BCUT2D eigenvalue weighted by molar-refractivity contribution is 5.33. The number of benzene rings is 1. The van der Waals surface area contributed by atoms with E-state index >= 15 is 0 Å². The van der Waals surface area contributed by atoms with Gasteiger partial charge in [-0.3, -0.25) is 0 Å². The summed E-state index contributed by atoms with van der Waals surface area (Å²) < 4.78 is 11.4. The third-order valence-corrected chi connectivity index (χ3v) is 5.85. The maximum absolute atomic E-state index is 6.00. The third-order valence-electron chi connectivity index (χ3n) is 5.85. The molecule has 164 valence electrons. The zero-order valence-corrected chi connectivity index (χ0v) is 19.1. The Morgan fingerprint density at radius 1 is 0.862 bits per heavy atom. The fraction of sp³-hybridized carbons (Fsp3) is 0.704. The van der Waals surface area contributed by atoms with E-state index in [-0.39, 0.29) is 5.60 Å². The van der Waals surface area contributed by atoms with Gasteiger partial charge in [0.05, 0.1) is 6.61 Å². The molecule has 0 saturated carbocycles. The number of epoxide rings is 1. The van der Waals surface area contributed by atoms with Gasteiger partial charge in [-0.2, -0.15) is 0 Å². The van der Waals surface area contributed by atoms with E-state index in [9.17, 15) is 0 Å². The number of hydrogen-bond donors (Lipinski definition) is 0. The van der Waals surface area contributed by atoms with Gasteiger partial charge in [-0.25, -0.2) is 0 Å². The van der Waals surface area contributed by atoms with Crippen LogP contribution in [0.2, 0.25) is 0 Å². The SMILES string of the molecule is CCCCCCCCC/C=C/CCCCCCc1ccccc1OCC1(C)CO1. The van der Waals surface area contributed by atoms with Crippen LogP contribution in [0.4, 0.5) is 0 Å². The largest absolute Gasteiger partial charge is 0.490 e. The maximum atomic E-state index is 6.00. The van der Waals surface area contributed by atoms with Crippen molar-refractivity contribution in [2.75, 3.05) is 13.2 Å². The average Bonchev–Trinajstić information content (AvgIpc) is 3.47. The number of ether oxygens (including phenoxy) is 2. The molecule has 1 aromatic rings. The minimum atomic E-state index is -0.0464. The van der Waals surface area contributed by atoms with E-state index in [2.05, 4.69) is 50.3 Å². The van der Waals surface area contributed by atoms with Crippen LogP contribution in [0.25, 0.3) is 0 Å². The van der Waals surface area contributed by atoms with Gasteiger partial charge in [0.2, 0.25) is 0 Å². The lowest BCUT2D eigenvalue weighted by Gasteiger charge is -2.13. The fourth-order valence-electron chi connectivity index (χ4n) is 3.67. The predicted octanol–water partition coefficient (Wildman–Crippen LogP) is 8.04. The van der Waals surface area contributed by atoms with Crippen molar-refractivity contribution < 1.29 is 9.47 Å². The molecule has 29 heavy (non-hydrogen) atoms. The molecule has 0 amide bonds. The highest BCUT2D eigenvalue weighted by Crippen LogP contribution is 2.28. The first-order chi connectivity index (χ1) is 14.2. The van der Waals surface area contributed by atoms with E-state index in [0.29, 0.717) is 6.61 Å². The van der Waals surface area contributed by atoms with Crippen molar-refractivity contribution in [3.63, 3.8) is 0 Å². The lowest BCUT2D eigenvalue weighted by atomic mass is 10.0. The fourth-order valence-corrected chi connectivity index (χ4v) is 3.67. The van der Waals surface area contributed by atoms with Gasteiger partial charge in [0.25, 0.3) is 0 Å². The topological polar surface area (TPSA) is 21.8 Å². The van der Waals surface area contributed by atoms with Gasteiger partial charge < -0.3 is 9.47 Å². The molecule has 0 radical (unpaired) electrons. The molecule has 1 heterocycles. The Kier molecular flexibility index (Phi) is 12.1. The highest BCUT2D eigenvalue weighted by Gasteiger charge is 2.40. The van der Waals surface area contributed by atoms with Crippen LogP contribution < -0.4 is 4.74 Å². The first-order valence-corrected chi connectivity index (χ1v) is 12.2. The van der Waals surface area contributed by atoms with Crippen molar-refractivity contribution >= 4 is 0 Å². The summed E-state index contributed by atoms with van der Waals surface area (Å²) in [6.07, 6.45) is 23.5. The number of rotatable bonds is 18. The van der Waals surface area contributed by atoms with E-state index in [0.717, 1.165) is 18.8 Å². The van der Waals surface area contributed by atoms with Gasteiger partial charge in [-0.05, 0) is 57.1 Å². The summed E-state index contributed by atoms with van der Waals surface area (Å²) in [5.74, 6) is 1.04. The molecule has 0 bridgehead atoms. The van der Waals surface area contributed by atoms with Crippen LogP contribution in [0, 0.1) is 0 Å². The summed E-state index contributed by atoms with van der Waals surface area (Å²) >= 11 is 0. The predicted molar refractivity (Wildman–Crippen MR) is 125 cm³/mol. The number of unbranched alkanes of at least 4 members (excludes halogenated alkanes) is 11. The lowest BCUT2D eigenvalue weighted by Crippen LogP contribution is -2.17. The summed E-state index contributed by atoms with van der Waals surface area (Å²) in [5, 5.41) is 0. The van der Waals surface area contributed by atoms with E-state index in [1.54, 1.807) is 0 Å². The van der Waals surface area contributed by atoms with Gasteiger partial charge in [0.1, 0.15) is 18.0 Å². The Labute approximate surface area is 180 Å². The molecule has 0 aromatic heterocycles. The quantitative estimate of drug-likeness (QED) is 0.141. The van der Waals surface area contributed by atoms with Crippen LogP contribution in [0.5, 0.6) is 5.75 Å². The Bertz CT molecular complexity index is 559. The Morgan fingerprint density at radius 2 is 1.45 bits per heavy atom. The van der Waals surface area contributed by atoms with Gasteiger partial charge >= 0.3 is 0 Å². The normalized spacial score (nSPS) is 18.4. The molecule has 0 aliphatic carbocycles. The molecule has 1 unspecified atom stereocenters. The molecule has 1 aliphatic heterocycles. The second-order valence-corrected chi connectivity index (χ2v) is 8.97. The van der Waals surface area contributed by atoms with Gasteiger partial charge in [0.15, 0.2) is 0 Å². The summed E-state index contributed by atoms with van der Waals surface area (Å²) in [4.78, 5) is 0. The van der Waals surface area contributed by atoms with Crippen molar-refractivity contribution in [1.29, 1.82) is 0 Å². The van der Waals surface area contributed by atoms with Crippen LogP contribution in [0.3, 0.4) is 0 Å². The molecule has 1 aromatic carbocycles. The minimum absolute atomic E-state index is 0.0464. The number of para-hydroxylation sites is 1. The second-order valence-electron chi connectivity index (χ2n) is 8.97. The monoisotopic (exact) mass is 400 g/mol. The van der Waals surface area contributed by atoms with Crippen molar-refractivity contribution in [3.05, 3.63) is 42.0 Å². The minimum Gasteiger partial charge on any atom is -0.490 e. The summed E-state index contributed by atoms with van der Waals surface area (Å²) in [6.45, 7) is 5.88. The van der Waals surface area contributed by atoms with Crippen molar-refractivity contribution in [2.45, 2.75) is 109 Å². The van der Waals surface area contributed by atoms with Crippen molar-refractivity contribution in [2.24, 2.45) is 0 Å². The smallest absolute Gasteiger partial charge is 0.123 e. The molecule has 2 nitrogen and oxygen atoms in total. The van der Waals surface area contributed by atoms with Crippen LogP contribution >= 0.6 is 0 Å². The average molecular weight is 401 g/mol. The summed E-state index contributed by atoms with van der Waals surface area (Å²) in [7, 11) is 0. The molecule has 0 N–H and O–H groups in total. The zero-order valence-electron chi connectivity index (χ0n) is 19.1. The summed E-state index contributed by atoms with van der Waals surface area (Å²) in [5.41, 5.74) is 1.29. The molecule has 0 spiro atoms. The molecule has 1 fully saturated rings. The van der Waals surface area contributed by atoms with Gasteiger partial charge in [0, 0.05) is 0 Å². The lowest BCUT2D eigenvalue weighted by molar-refractivity contribution is 0.201. The molecular formula is C27H44O2. The van der Waals surface area contributed by atoms with Crippen LogP contribution in [-0.2, 0) is 11.2 Å². The van der Waals surface area contributed by atoms with E-state index in [1.165, 1.54) is 89.0 Å². The third kappa shape index (κ3) is 11.5. The zero-order chi connectivity index (χ0) is 20.6. The van der Waals surface area contributed by atoms with Crippen molar-refractivity contribution in [3.8, 4) is 5.75 Å². The van der Waals surface area contributed by atoms with E-state index in [1.807, 2.05) is 0 Å². The maximum Gasteiger partial charge on any atom is 0.123 e. The first-order valence-electron chi connectivity index (χ1n) is 12.2. The number of allylic oxidation sites excluding steroid dienone is 2. The number of aryl methyl sites for hydroxylation is 1. The Morgan fingerprint density at radius 3 is 2.10 bits per heavy atom. The van der Waals surface area contributed by atoms with Gasteiger partial charge in [-0.1, -0.05) is 88.6 Å². The number of hydrogen-bond acceptors (Lipinski definition) is 2. The standard InChI is InChI=1S/C27H44O2/c1-3-4-5-6-7-8-9-10-11-12-13-14-15-16-17-20-25-21-18-19-22-26(25)28-23-27(2)24-29-27/h11-12,18-19,21-22H,3-10,13-17,20,23-24H2,1-2H3/b12-11+. The van der Waals surface area contributed by atoms with E-state index in [4.69, 9.17) is 9.47 Å². The molecular weight excluding hydrogens is 356 g/mol. The molecule has 2 heteroatoms. The van der Waals surface area contributed by atoms with Crippen LogP contribution in [-0.4, -0.2) is 18.8 Å². The van der Waals surface area contributed by atoms with Gasteiger partial charge in [-0.15, -0.1) is 0 Å². The Balaban J connectivity index is 1.43.